The van der Waals surface area contributed by atoms with Gasteiger partial charge in [-0.25, -0.2) is 13.2 Å². The molecular weight excluding hydrogens is 458 g/mol. The molecule has 1 aliphatic carbocycles. The second kappa shape index (κ2) is 8.53. The molecule has 1 fully saturated rings. The molecule has 172 valence electrons. The number of fused-ring (bicyclic) bond motifs is 3. The molecule has 1 aromatic heterocycles. The maximum absolute atomic E-state index is 13.5. The number of ether oxygens (including phenoxy) is 2. The van der Waals surface area contributed by atoms with Crippen molar-refractivity contribution in [3.63, 3.8) is 0 Å². The van der Waals surface area contributed by atoms with Gasteiger partial charge in [0.2, 0.25) is 0 Å². The summed E-state index contributed by atoms with van der Waals surface area (Å²) in [5, 5.41) is 8.81. The predicted molar refractivity (Wildman–Crippen MR) is 119 cm³/mol. The van der Waals surface area contributed by atoms with Crippen LogP contribution in [0.25, 0.3) is 11.3 Å². The molecule has 1 saturated carbocycles. The number of halogens is 1. The minimum atomic E-state index is -3.87. The van der Waals surface area contributed by atoms with E-state index in [0.29, 0.717) is 36.5 Å². The van der Waals surface area contributed by atoms with Gasteiger partial charge in [-0.3, -0.25) is 4.79 Å². The molecule has 1 aliphatic heterocycles. The van der Waals surface area contributed by atoms with Crippen molar-refractivity contribution in [2.45, 2.75) is 48.8 Å². The topological polar surface area (TPSA) is 112 Å². The number of carboxylic acid groups (broad SMARTS) is 1. The molecule has 2 aromatic rings. The Morgan fingerprint density at radius 2 is 1.97 bits per heavy atom. The molecule has 4 rings (SSSR count). The van der Waals surface area contributed by atoms with Crippen molar-refractivity contribution < 1.29 is 27.8 Å². The van der Waals surface area contributed by atoms with Crippen LogP contribution in [-0.4, -0.2) is 44.4 Å². The van der Waals surface area contributed by atoms with Gasteiger partial charge in [-0.15, -0.1) is 0 Å². The van der Waals surface area contributed by atoms with Crippen LogP contribution < -0.4 is 10.3 Å². The summed E-state index contributed by atoms with van der Waals surface area (Å²) in [5.41, 5.74) is 0.0208. The lowest BCUT2D eigenvalue weighted by molar-refractivity contribution is 0.0694. The molecule has 0 radical (unpaired) electrons. The number of pyridine rings is 1. The molecule has 1 unspecified atom stereocenters. The summed E-state index contributed by atoms with van der Waals surface area (Å²) in [7, 11) is -2.29. The largest absolute Gasteiger partial charge is 0.492 e. The first-order valence-corrected chi connectivity index (χ1v) is 12.4. The Morgan fingerprint density at radius 3 is 2.56 bits per heavy atom. The van der Waals surface area contributed by atoms with Crippen molar-refractivity contribution in [1.29, 1.82) is 0 Å². The average molecular weight is 482 g/mol. The van der Waals surface area contributed by atoms with E-state index in [-0.39, 0.29) is 28.1 Å². The fourth-order valence-corrected chi connectivity index (χ4v) is 6.44. The van der Waals surface area contributed by atoms with Gasteiger partial charge in [0.05, 0.1) is 27.5 Å². The molecule has 1 N–H and O–H groups in total. The Hall–Kier alpha value is -2.36. The molecule has 0 saturated heterocycles. The Morgan fingerprint density at radius 1 is 1.25 bits per heavy atom. The lowest BCUT2D eigenvalue weighted by Gasteiger charge is -2.30. The third kappa shape index (κ3) is 3.72. The molecule has 32 heavy (non-hydrogen) atoms. The van der Waals surface area contributed by atoms with Gasteiger partial charge in [0.1, 0.15) is 11.3 Å². The molecule has 10 heteroatoms. The van der Waals surface area contributed by atoms with Gasteiger partial charge in [0.25, 0.3) is 5.56 Å². The molecule has 0 amide bonds. The summed E-state index contributed by atoms with van der Waals surface area (Å²) in [6, 6.07) is 3.98. The van der Waals surface area contributed by atoms with Crippen LogP contribution in [0.3, 0.4) is 0 Å². The molecule has 2 heterocycles. The summed E-state index contributed by atoms with van der Waals surface area (Å²) in [6.07, 6.45) is 2.28. The van der Waals surface area contributed by atoms with Crippen molar-refractivity contribution in [1.82, 2.24) is 4.57 Å². The zero-order valence-corrected chi connectivity index (χ0v) is 19.3. The lowest BCUT2D eigenvalue weighted by atomic mass is 9.98. The highest BCUT2D eigenvalue weighted by Crippen LogP contribution is 2.50. The van der Waals surface area contributed by atoms with Crippen LogP contribution in [0.1, 0.15) is 59.8 Å². The fraction of sp³-hybridized carbons (Fsp3) is 0.455. The van der Waals surface area contributed by atoms with Gasteiger partial charge in [-0.2, -0.15) is 0 Å². The zero-order valence-electron chi connectivity index (χ0n) is 17.8. The third-order valence-electron chi connectivity index (χ3n) is 5.84. The number of rotatable bonds is 8. The monoisotopic (exact) mass is 481 g/mol. The number of methoxy groups -OCH3 is 1. The molecule has 2 aliphatic rings. The van der Waals surface area contributed by atoms with Crippen LogP contribution in [0, 0.1) is 0 Å². The van der Waals surface area contributed by atoms with Gasteiger partial charge in [0.15, 0.2) is 9.84 Å². The maximum atomic E-state index is 13.5. The highest BCUT2D eigenvalue weighted by molar-refractivity contribution is 7.92. The molecular formula is C22H24ClNO7S. The predicted octanol–water partition coefficient (Wildman–Crippen LogP) is 3.86. The van der Waals surface area contributed by atoms with E-state index in [1.54, 1.807) is 14.0 Å². The van der Waals surface area contributed by atoms with Crippen LogP contribution in [0.4, 0.5) is 0 Å². The number of aromatic nitrogens is 1. The first kappa shape index (κ1) is 22.8. The molecule has 1 atom stereocenters. The molecule has 8 nitrogen and oxygen atoms in total. The minimum Gasteiger partial charge on any atom is -0.492 e. The lowest BCUT2D eigenvalue weighted by Crippen LogP contribution is -2.32. The van der Waals surface area contributed by atoms with Crippen LogP contribution in [0.5, 0.6) is 5.75 Å². The van der Waals surface area contributed by atoms with Crippen molar-refractivity contribution in [2.75, 3.05) is 20.3 Å². The number of benzene rings is 1. The van der Waals surface area contributed by atoms with Gasteiger partial charge in [-0.1, -0.05) is 18.5 Å². The van der Waals surface area contributed by atoms with Gasteiger partial charge >= 0.3 is 5.97 Å². The van der Waals surface area contributed by atoms with E-state index >= 15 is 0 Å². The SMILES string of the molecule is CCC1c2cc(C(=O)O)c(=O)n(C3CC3)c2-c2cc(Cl)c(OCCCOC)cc2S1(=O)=O. The van der Waals surface area contributed by atoms with Crippen LogP contribution >= 0.6 is 11.6 Å². The fourth-order valence-electron chi connectivity index (χ4n) is 4.23. The number of hydrogen-bond acceptors (Lipinski definition) is 6. The summed E-state index contributed by atoms with van der Waals surface area (Å²) in [4.78, 5) is 24.8. The third-order valence-corrected chi connectivity index (χ3v) is 8.43. The van der Waals surface area contributed by atoms with Gasteiger partial charge in [-0.05, 0) is 37.0 Å². The quantitative estimate of drug-likeness (QED) is 0.570. The highest BCUT2D eigenvalue weighted by Gasteiger charge is 2.42. The molecule has 0 spiro atoms. The number of hydrogen-bond donors (Lipinski definition) is 1. The summed E-state index contributed by atoms with van der Waals surface area (Å²) in [5.74, 6) is -1.13. The van der Waals surface area contributed by atoms with Crippen LogP contribution in [0.15, 0.2) is 27.9 Å². The second-order valence-electron chi connectivity index (χ2n) is 7.99. The Bertz CT molecular complexity index is 1250. The summed E-state index contributed by atoms with van der Waals surface area (Å²) in [6.45, 7) is 2.52. The molecule has 0 bridgehead atoms. The summed E-state index contributed by atoms with van der Waals surface area (Å²) < 4.78 is 39.2. The van der Waals surface area contributed by atoms with E-state index in [1.165, 1.54) is 22.8 Å². The van der Waals surface area contributed by atoms with E-state index in [0.717, 1.165) is 12.8 Å². The zero-order chi connectivity index (χ0) is 23.2. The second-order valence-corrected chi connectivity index (χ2v) is 10.5. The van der Waals surface area contributed by atoms with Crippen molar-refractivity contribution in [3.8, 4) is 17.0 Å². The summed E-state index contributed by atoms with van der Waals surface area (Å²) >= 11 is 6.44. The number of carboxylic acids is 1. The Kier molecular flexibility index (Phi) is 6.08. The first-order valence-electron chi connectivity index (χ1n) is 10.4. The van der Waals surface area contributed by atoms with Crippen molar-refractivity contribution in [2.24, 2.45) is 0 Å². The number of sulfone groups is 1. The van der Waals surface area contributed by atoms with Crippen LogP contribution in [0.2, 0.25) is 5.02 Å². The van der Waals surface area contributed by atoms with E-state index in [1.807, 2.05) is 0 Å². The van der Waals surface area contributed by atoms with Crippen molar-refractivity contribution in [3.05, 3.63) is 44.7 Å². The number of carbonyl (C=O) groups is 1. The normalized spacial score (nSPS) is 18.7. The first-order chi connectivity index (χ1) is 15.2. The maximum Gasteiger partial charge on any atom is 0.341 e. The minimum absolute atomic E-state index is 0.0415. The van der Waals surface area contributed by atoms with E-state index < -0.39 is 32.2 Å². The number of nitrogens with zero attached hydrogens (tertiary/aromatic N) is 1. The number of aromatic carboxylic acids is 1. The standard InChI is InChI=1S/C22H24ClNO7S/c1-3-18-13-9-15(22(26)27)21(25)24(12-5-6-12)20(13)14-10-16(23)17(31-8-4-7-30-2)11-19(14)32(18,28)29/h9-12,18H,3-8H2,1-2H3,(H,26,27). The Balaban J connectivity index is 1.97. The van der Waals surface area contributed by atoms with E-state index in [2.05, 4.69) is 0 Å². The average Bonchev–Trinajstić information content (AvgIpc) is 3.56. The van der Waals surface area contributed by atoms with E-state index in [4.69, 9.17) is 21.1 Å². The molecule has 1 aromatic carbocycles. The van der Waals surface area contributed by atoms with Crippen LogP contribution in [-0.2, 0) is 14.6 Å². The van der Waals surface area contributed by atoms with E-state index in [9.17, 15) is 23.1 Å². The Labute approximate surface area is 190 Å². The highest BCUT2D eigenvalue weighted by atomic mass is 35.5. The van der Waals surface area contributed by atoms with Gasteiger partial charge in [0, 0.05) is 37.8 Å². The van der Waals surface area contributed by atoms with Crippen molar-refractivity contribution >= 4 is 27.4 Å². The van der Waals surface area contributed by atoms with Gasteiger partial charge < -0.3 is 19.1 Å². The smallest absolute Gasteiger partial charge is 0.341 e.